The molecule has 0 fully saturated rings. The number of fused-ring (bicyclic) bond motifs is 1. The fourth-order valence-corrected chi connectivity index (χ4v) is 3.46. The molecule has 0 saturated heterocycles. The van der Waals surface area contributed by atoms with Gasteiger partial charge in [0.15, 0.2) is 0 Å². The topological polar surface area (TPSA) is 94.9 Å². The highest BCUT2D eigenvalue weighted by atomic mass is 35.5. The number of hydrogen-bond donors (Lipinski definition) is 1. The Morgan fingerprint density at radius 2 is 1.89 bits per heavy atom. The highest BCUT2D eigenvalue weighted by Gasteiger charge is 2.18. The second kappa shape index (κ2) is 7.61. The summed E-state index contributed by atoms with van der Waals surface area (Å²) in [5.74, 6) is -0.0860. The van der Waals surface area contributed by atoms with Crippen molar-refractivity contribution in [3.05, 3.63) is 59.6 Å². The summed E-state index contributed by atoms with van der Waals surface area (Å²) >= 11 is 7.13. The SMILES string of the molecule is C[C@H](Sc1nnc(-c2cc(-c3ccc(Cl)cc3)nc3ccccc23)o1)C(N)=O. The van der Waals surface area contributed by atoms with Crippen molar-refractivity contribution in [1.82, 2.24) is 15.2 Å². The van der Waals surface area contributed by atoms with Crippen LogP contribution in [0.2, 0.25) is 5.02 Å². The third kappa shape index (κ3) is 3.72. The van der Waals surface area contributed by atoms with Crippen molar-refractivity contribution in [3.63, 3.8) is 0 Å². The van der Waals surface area contributed by atoms with Crippen LogP contribution in [0.15, 0.2) is 64.2 Å². The van der Waals surface area contributed by atoms with E-state index < -0.39 is 11.2 Å². The van der Waals surface area contributed by atoms with Gasteiger partial charge in [0.1, 0.15) is 0 Å². The van der Waals surface area contributed by atoms with Gasteiger partial charge in [-0.05, 0) is 31.2 Å². The molecular formula is C20H15ClN4O2S. The van der Waals surface area contributed by atoms with Gasteiger partial charge in [-0.15, -0.1) is 10.2 Å². The van der Waals surface area contributed by atoms with Gasteiger partial charge >= 0.3 is 0 Å². The van der Waals surface area contributed by atoms with E-state index in [1.165, 1.54) is 0 Å². The molecule has 0 aliphatic rings. The Labute approximate surface area is 170 Å². The largest absolute Gasteiger partial charge is 0.411 e. The van der Waals surface area contributed by atoms with Crippen molar-refractivity contribution in [2.75, 3.05) is 0 Å². The van der Waals surface area contributed by atoms with Gasteiger partial charge in [0.2, 0.25) is 11.8 Å². The molecule has 0 unspecified atom stereocenters. The first-order valence-electron chi connectivity index (χ1n) is 8.47. The number of rotatable bonds is 5. The maximum atomic E-state index is 11.3. The van der Waals surface area contributed by atoms with Crippen LogP contribution in [0.4, 0.5) is 0 Å². The summed E-state index contributed by atoms with van der Waals surface area (Å²) in [6.07, 6.45) is 0. The lowest BCUT2D eigenvalue weighted by Crippen LogP contribution is -2.22. The van der Waals surface area contributed by atoms with E-state index in [0.717, 1.165) is 39.5 Å². The van der Waals surface area contributed by atoms with Crippen molar-refractivity contribution in [2.45, 2.75) is 17.4 Å². The molecule has 2 aromatic heterocycles. The molecule has 4 aromatic rings. The lowest BCUT2D eigenvalue weighted by atomic mass is 10.0. The van der Waals surface area contributed by atoms with Gasteiger partial charge in [-0.25, -0.2) is 4.98 Å². The molecule has 0 spiro atoms. The van der Waals surface area contributed by atoms with E-state index in [0.29, 0.717) is 10.9 Å². The van der Waals surface area contributed by atoms with Crippen molar-refractivity contribution in [3.8, 4) is 22.7 Å². The maximum absolute atomic E-state index is 11.3. The third-order valence-corrected chi connectivity index (χ3v) is 5.38. The molecule has 0 radical (unpaired) electrons. The fraction of sp³-hybridized carbons (Fsp3) is 0.100. The smallest absolute Gasteiger partial charge is 0.277 e. The van der Waals surface area contributed by atoms with E-state index in [4.69, 9.17) is 26.7 Å². The molecule has 6 nitrogen and oxygen atoms in total. The number of halogens is 1. The normalized spacial score (nSPS) is 12.2. The van der Waals surface area contributed by atoms with E-state index in [2.05, 4.69) is 10.2 Å². The minimum atomic E-state index is -0.466. The van der Waals surface area contributed by atoms with Crippen molar-refractivity contribution >= 4 is 40.2 Å². The number of hydrogen-bond acceptors (Lipinski definition) is 6. The zero-order valence-electron chi connectivity index (χ0n) is 14.8. The van der Waals surface area contributed by atoms with Crippen molar-refractivity contribution in [2.24, 2.45) is 5.73 Å². The zero-order valence-corrected chi connectivity index (χ0v) is 16.4. The monoisotopic (exact) mass is 410 g/mol. The molecule has 0 saturated carbocycles. The molecule has 0 aliphatic carbocycles. The van der Waals surface area contributed by atoms with Crippen molar-refractivity contribution < 1.29 is 9.21 Å². The quantitative estimate of drug-likeness (QED) is 0.484. The number of thioether (sulfide) groups is 1. The van der Waals surface area contributed by atoms with Crippen LogP contribution in [0, 0.1) is 0 Å². The third-order valence-electron chi connectivity index (χ3n) is 4.17. The minimum absolute atomic E-state index is 0.287. The Kier molecular flexibility index (Phi) is 5.02. The first-order valence-corrected chi connectivity index (χ1v) is 9.72. The summed E-state index contributed by atoms with van der Waals surface area (Å²) in [7, 11) is 0. The number of aromatic nitrogens is 3. The number of para-hydroxylation sites is 1. The molecule has 8 heteroatoms. The molecule has 2 aromatic carbocycles. The van der Waals surface area contributed by atoms with Gasteiger partial charge < -0.3 is 10.2 Å². The van der Waals surface area contributed by atoms with Gasteiger partial charge in [-0.1, -0.05) is 53.7 Å². The number of amides is 1. The standard InChI is InChI=1S/C20H15ClN4O2S/c1-11(18(22)26)28-20-25-24-19(27-20)15-10-17(12-6-8-13(21)9-7-12)23-16-5-3-2-4-14(15)16/h2-11H,1H3,(H2,22,26)/t11-/m0/s1. The summed E-state index contributed by atoms with van der Waals surface area (Å²) in [5.41, 5.74) is 8.57. The van der Waals surface area contributed by atoms with E-state index in [1.807, 2.05) is 54.6 Å². The van der Waals surface area contributed by atoms with Crippen LogP contribution in [0.3, 0.4) is 0 Å². The lowest BCUT2D eigenvalue weighted by Gasteiger charge is -2.07. The molecule has 1 amide bonds. The second-order valence-corrected chi connectivity index (χ2v) is 7.84. The minimum Gasteiger partial charge on any atom is -0.411 e. The Morgan fingerprint density at radius 1 is 1.14 bits per heavy atom. The summed E-state index contributed by atoms with van der Waals surface area (Å²) in [6.45, 7) is 1.69. The fourth-order valence-electron chi connectivity index (χ4n) is 2.70. The van der Waals surface area contributed by atoms with Crippen LogP contribution >= 0.6 is 23.4 Å². The first-order chi connectivity index (χ1) is 13.5. The Bertz CT molecular complexity index is 1160. The summed E-state index contributed by atoms with van der Waals surface area (Å²) < 4.78 is 5.79. The molecule has 0 bridgehead atoms. The predicted molar refractivity (Wildman–Crippen MR) is 110 cm³/mol. The van der Waals surface area contributed by atoms with Crippen LogP contribution in [-0.2, 0) is 4.79 Å². The average molecular weight is 411 g/mol. The molecule has 140 valence electrons. The summed E-state index contributed by atoms with van der Waals surface area (Å²) in [6, 6.07) is 17.1. The lowest BCUT2D eigenvalue weighted by molar-refractivity contribution is -0.117. The first kappa shape index (κ1) is 18.5. The number of carbonyl (C=O) groups is 1. The zero-order chi connectivity index (χ0) is 19.7. The van der Waals surface area contributed by atoms with Gasteiger partial charge in [0, 0.05) is 16.0 Å². The molecule has 0 aliphatic heterocycles. The molecule has 1 atom stereocenters. The van der Waals surface area contributed by atoms with Crippen LogP contribution in [0.25, 0.3) is 33.6 Å². The van der Waals surface area contributed by atoms with Crippen LogP contribution in [0.1, 0.15) is 6.92 Å². The molecule has 4 rings (SSSR count). The Morgan fingerprint density at radius 3 is 2.64 bits per heavy atom. The average Bonchev–Trinajstić information content (AvgIpc) is 3.16. The van der Waals surface area contributed by atoms with Crippen molar-refractivity contribution in [1.29, 1.82) is 0 Å². The Balaban J connectivity index is 1.81. The van der Waals surface area contributed by atoms with Gasteiger partial charge in [0.25, 0.3) is 5.22 Å². The summed E-state index contributed by atoms with van der Waals surface area (Å²) in [4.78, 5) is 16.0. The summed E-state index contributed by atoms with van der Waals surface area (Å²) in [5, 5.41) is 9.57. The van der Waals surface area contributed by atoms with E-state index >= 15 is 0 Å². The molecule has 2 heterocycles. The number of pyridine rings is 1. The second-order valence-electron chi connectivity index (χ2n) is 6.11. The van der Waals surface area contributed by atoms with Crippen LogP contribution in [-0.4, -0.2) is 26.3 Å². The Hall–Kier alpha value is -2.90. The number of primary amides is 1. The van der Waals surface area contributed by atoms with Gasteiger partial charge in [0.05, 0.1) is 22.0 Å². The van der Waals surface area contributed by atoms with Gasteiger partial charge in [-0.3, -0.25) is 4.79 Å². The van der Waals surface area contributed by atoms with Gasteiger partial charge in [-0.2, -0.15) is 0 Å². The van der Waals surface area contributed by atoms with E-state index in [1.54, 1.807) is 6.92 Å². The number of benzene rings is 2. The van der Waals surface area contributed by atoms with E-state index in [9.17, 15) is 4.79 Å². The molecule has 28 heavy (non-hydrogen) atoms. The molecular weight excluding hydrogens is 396 g/mol. The number of nitrogens with two attached hydrogens (primary N) is 1. The molecule has 2 N–H and O–H groups in total. The van der Waals surface area contributed by atoms with Crippen LogP contribution in [0.5, 0.6) is 0 Å². The highest BCUT2D eigenvalue weighted by molar-refractivity contribution is 8.00. The predicted octanol–water partition coefficient (Wildman–Crippen LogP) is 4.57. The highest BCUT2D eigenvalue weighted by Crippen LogP contribution is 2.33. The maximum Gasteiger partial charge on any atom is 0.277 e. The van der Waals surface area contributed by atoms with Crippen LogP contribution < -0.4 is 5.73 Å². The van der Waals surface area contributed by atoms with E-state index in [-0.39, 0.29) is 5.22 Å². The number of nitrogens with zero attached hydrogens (tertiary/aromatic N) is 3. The number of carbonyl (C=O) groups excluding carboxylic acids is 1.